The fourth-order valence-electron chi connectivity index (χ4n) is 2.01. The van der Waals surface area contributed by atoms with Crippen LogP contribution in [-0.2, 0) is 4.74 Å². The molecule has 0 saturated carbocycles. The zero-order valence-corrected chi connectivity index (χ0v) is 13.7. The molecule has 2 aromatic heterocycles. The molecule has 0 aliphatic rings. The average molecular weight is 325 g/mol. The van der Waals surface area contributed by atoms with Crippen molar-refractivity contribution in [1.29, 1.82) is 0 Å². The number of ether oxygens (including phenoxy) is 1. The molecule has 2 rings (SSSR count). The van der Waals surface area contributed by atoms with Gasteiger partial charge in [-0.3, -0.25) is 0 Å². The second kappa shape index (κ2) is 6.54. The topological polar surface area (TPSA) is 81.6 Å². The van der Waals surface area contributed by atoms with Gasteiger partial charge in [-0.15, -0.1) is 0 Å². The van der Waals surface area contributed by atoms with E-state index in [1.54, 1.807) is 12.3 Å². The third kappa shape index (κ3) is 4.35. The number of alkyl carbamates (subject to hydrolysis) is 1. The summed E-state index contributed by atoms with van der Waals surface area (Å²) in [6.07, 6.45) is 3.19. The van der Waals surface area contributed by atoms with Crippen LogP contribution in [0, 0.1) is 0 Å². The fraction of sp³-hybridized carbons (Fsp3) is 0.467. The molecule has 0 bridgehead atoms. The summed E-state index contributed by atoms with van der Waals surface area (Å²) in [7, 11) is 0. The number of amides is 1. The molecule has 7 heteroatoms. The number of hydrogen-bond acceptors (Lipinski definition) is 4. The van der Waals surface area contributed by atoms with Crippen molar-refractivity contribution in [2.75, 3.05) is 13.1 Å². The number of carbonyl (C=O) groups excluding carboxylic acids is 1. The number of imidazole rings is 1. The Labute approximate surface area is 134 Å². The molecule has 0 aromatic carbocycles. The smallest absolute Gasteiger partial charge is 0.407 e. The molecule has 1 amide bonds. The number of nitrogens with two attached hydrogens (primary N) is 1. The Kier molecular flexibility index (Phi) is 4.93. The van der Waals surface area contributed by atoms with E-state index < -0.39 is 11.7 Å². The largest absolute Gasteiger partial charge is 0.444 e. The number of hydrogen-bond donors (Lipinski definition) is 2. The monoisotopic (exact) mass is 324 g/mol. The van der Waals surface area contributed by atoms with Crippen molar-refractivity contribution in [2.45, 2.75) is 32.3 Å². The molecule has 1 atom stereocenters. The second-order valence-electron chi connectivity index (χ2n) is 6.09. The van der Waals surface area contributed by atoms with Crippen LogP contribution in [0.5, 0.6) is 0 Å². The summed E-state index contributed by atoms with van der Waals surface area (Å²) in [6.45, 7) is 6.19. The molecule has 120 valence electrons. The van der Waals surface area contributed by atoms with Gasteiger partial charge in [0.2, 0.25) is 0 Å². The molecular formula is C15H21ClN4O2. The third-order valence-corrected chi connectivity index (χ3v) is 3.25. The normalized spacial score (nSPS) is 13.1. The molecule has 6 nitrogen and oxygen atoms in total. The number of halogens is 1. The van der Waals surface area contributed by atoms with E-state index in [-0.39, 0.29) is 5.92 Å². The van der Waals surface area contributed by atoms with Crippen molar-refractivity contribution in [3.8, 4) is 0 Å². The lowest BCUT2D eigenvalue weighted by Crippen LogP contribution is -2.36. The van der Waals surface area contributed by atoms with E-state index in [0.717, 1.165) is 11.3 Å². The van der Waals surface area contributed by atoms with Crippen molar-refractivity contribution in [2.24, 2.45) is 5.73 Å². The number of rotatable bonds is 4. The van der Waals surface area contributed by atoms with Crippen LogP contribution in [0.25, 0.3) is 5.65 Å². The van der Waals surface area contributed by atoms with Gasteiger partial charge < -0.3 is 20.2 Å². The Balaban J connectivity index is 2.05. The molecule has 0 aliphatic carbocycles. The van der Waals surface area contributed by atoms with E-state index in [1.165, 1.54) is 0 Å². The highest BCUT2D eigenvalue weighted by Crippen LogP contribution is 2.17. The van der Waals surface area contributed by atoms with Crippen molar-refractivity contribution in [1.82, 2.24) is 14.7 Å². The van der Waals surface area contributed by atoms with Crippen LogP contribution < -0.4 is 11.1 Å². The maximum atomic E-state index is 11.7. The Morgan fingerprint density at radius 3 is 2.82 bits per heavy atom. The van der Waals surface area contributed by atoms with E-state index >= 15 is 0 Å². The zero-order valence-electron chi connectivity index (χ0n) is 13.0. The summed E-state index contributed by atoms with van der Waals surface area (Å²) in [5.41, 5.74) is 6.87. The van der Waals surface area contributed by atoms with Crippen LogP contribution in [0.2, 0.25) is 5.02 Å². The predicted octanol–water partition coefficient (Wildman–Crippen LogP) is 2.55. The number of nitrogens with zero attached hydrogens (tertiary/aromatic N) is 2. The molecule has 0 radical (unpaired) electrons. The molecule has 3 N–H and O–H groups in total. The average Bonchev–Trinajstić information content (AvgIpc) is 2.80. The summed E-state index contributed by atoms with van der Waals surface area (Å²) in [5.74, 6) is -0.0915. The number of fused-ring (bicyclic) bond motifs is 1. The van der Waals surface area contributed by atoms with Crippen molar-refractivity contribution in [3.05, 3.63) is 35.2 Å². The Morgan fingerprint density at radius 2 is 2.18 bits per heavy atom. The minimum Gasteiger partial charge on any atom is -0.444 e. The van der Waals surface area contributed by atoms with Crippen molar-refractivity contribution in [3.63, 3.8) is 0 Å². The summed E-state index contributed by atoms with van der Waals surface area (Å²) in [6, 6.07) is 3.62. The van der Waals surface area contributed by atoms with E-state index in [4.69, 9.17) is 22.1 Å². The highest BCUT2D eigenvalue weighted by molar-refractivity contribution is 6.30. The van der Waals surface area contributed by atoms with Gasteiger partial charge in [0.05, 0.1) is 10.7 Å². The number of nitrogens with one attached hydrogen (secondary N) is 1. The first-order chi connectivity index (χ1) is 10.3. The van der Waals surface area contributed by atoms with E-state index in [9.17, 15) is 4.79 Å². The van der Waals surface area contributed by atoms with Crippen molar-refractivity contribution < 1.29 is 9.53 Å². The molecule has 1 unspecified atom stereocenters. The summed E-state index contributed by atoms with van der Waals surface area (Å²) >= 11 is 5.96. The SMILES string of the molecule is CC(C)(C)OC(=O)NCC(CN)c1cn2cc(Cl)ccc2n1. The van der Waals surface area contributed by atoms with Crippen LogP contribution in [-0.4, -0.2) is 34.2 Å². The molecule has 0 aliphatic heterocycles. The molecule has 0 fully saturated rings. The Morgan fingerprint density at radius 1 is 1.45 bits per heavy atom. The molecule has 2 aromatic rings. The lowest BCUT2D eigenvalue weighted by molar-refractivity contribution is 0.0524. The van der Waals surface area contributed by atoms with Crippen LogP contribution in [0.4, 0.5) is 4.79 Å². The number of carbonyl (C=O) groups is 1. The van der Waals surface area contributed by atoms with Gasteiger partial charge in [-0.05, 0) is 32.9 Å². The van der Waals surface area contributed by atoms with Crippen molar-refractivity contribution >= 4 is 23.3 Å². The predicted molar refractivity (Wildman–Crippen MR) is 86.2 cm³/mol. The van der Waals surface area contributed by atoms with Gasteiger partial charge in [0.1, 0.15) is 11.2 Å². The maximum absolute atomic E-state index is 11.7. The first-order valence-electron chi connectivity index (χ1n) is 7.09. The lowest BCUT2D eigenvalue weighted by Gasteiger charge is -2.21. The maximum Gasteiger partial charge on any atom is 0.407 e. The van der Waals surface area contributed by atoms with Gasteiger partial charge in [0.25, 0.3) is 0 Å². The highest BCUT2D eigenvalue weighted by atomic mass is 35.5. The molecule has 0 saturated heterocycles. The minimum atomic E-state index is -0.526. The molecule has 2 heterocycles. The Bertz CT molecular complexity index is 663. The quantitative estimate of drug-likeness (QED) is 0.905. The Hall–Kier alpha value is -1.79. The van der Waals surface area contributed by atoms with E-state index in [1.807, 2.05) is 37.4 Å². The van der Waals surface area contributed by atoms with Crippen LogP contribution >= 0.6 is 11.6 Å². The van der Waals surface area contributed by atoms with Gasteiger partial charge in [0.15, 0.2) is 0 Å². The summed E-state index contributed by atoms with van der Waals surface area (Å²) < 4.78 is 7.05. The first kappa shape index (κ1) is 16.6. The minimum absolute atomic E-state index is 0.0915. The summed E-state index contributed by atoms with van der Waals surface area (Å²) in [4.78, 5) is 16.2. The van der Waals surface area contributed by atoms with Gasteiger partial charge >= 0.3 is 6.09 Å². The second-order valence-corrected chi connectivity index (χ2v) is 6.53. The van der Waals surface area contributed by atoms with E-state index in [0.29, 0.717) is 18.1 Å². The third-order valence-electron chi connectivity index (χ3n) is 3.03. The van der Waals surface area contributed by atoms with Gasteiger partial charge in [-0.1, -0.05) is 11.6 Å². The van der Waals surface area contributed by atoms with Gasteiger partial charge in [-0.25, -0.2) is 9.78 Å². The molecule has 0 spiro atoms. The molecular weight excluding hydrogens is 304 g/mol. The molecule has 22 heavy (non-hydrogen) atoms. The standard InChI is InChI=1S/C15H21ClN4O2/c1-15(2,3)22-14(21)18-7-10(6-17)12-9-20-8-11(16)4-5-13(20)19-12/h4-5,8-10H,6-7,17H2,1-3H3,(H,18,21). The van der Waals surface area contributed by atoms with Crippen LogP contribution in [0.3, 0.4) is 0 Å². The fourth-order valence-corrected chi connectivity index (χ4v) is 2.18. The zero-order chi connectivity index (χ0) is 16.3. The lowest BCUT2D eigenvalue weighted by atomic mass is 10.1. The van der Waals surface area contributed by atoms with E-state index in [2.05, 4.69) is 10.3 Å². The number of pyridine rings is 1. The first-order valence-corrected chi connectivity index (χ1v) is 7.47. The number of aromatic nitrogens is 2. The van der Waals surface area contributed by atoms with Crippen LogP contribution in [0.15, 0.2) is 24.5 Å². The highest BCUT2D eigenvalue weighted by Gasteiger charge is 2.19. The summed E-state index contributed by atoms with van der Waals surface area (Å²) in [5, 5.41) is 3.36. The van der Waals surface area contributed by atoms with Gasteiger partial charge in [-0.2, -0.15) is 0 Å². The van der Waals surface area contributed by atoms with Gasteiger partial charge in [0, 0.05) is 31.4 Å². The van der Waals surface area contributed by atoms with Crippen LogP contribution in [0.1, 0.15) is 32.4 Å².